The van der Waals surface area contributed by atoms with Crippen LogP contribution in [-0.4, -0.2) is 55.7 Å². The Bertz CT molecular complexity index is 848. The molecule has 2 heterocycles. The zero-order valence-corrected chi connectivity index (χ0v) is 18.6. The van der Waals surface area contributed by atoms with Gasteiger partial charge in [0.1, 0.15) is 0 Å². The number of amides is 2. The molecule has 2 aliphatic carbocycles. The summed E-state index contributed by atoms with van der Waals surface area (Å²) < 4.78 is 1.39. The summed E-state index contributed by atoms with van der Waals surface area (Å²) in [5.74, 6) is 0.826. The molecule has 2 aromatic rings. The van der Waals surface area contributed by atoms with Crippen LogP contribution >= 0.6 is 11.3 Å². The molecule has 3 fully saturated rings. The van der Waals surface area contributed by atoms with Gasteiger partial charge in [0.05, 0.1) is 0 Å². The molecule has 1 aromatic carbocycles. The number of fused-ring (bicyclic) bond motifs is 1. The van der Waals surface area contributed by atoms with Crippen LogP contribution in [0.5, 0.6) is 0 Å². The lowest BCUT2D eigenvalue weighted by Gasteiger charge is -2.37. The van der Waals surface area contributed by atoms with Crippen LogP contribution < -0.4 is 15.5 Å². The zero-order chi connectivity index (χ0) is 20.3. The Morgan fingerprint density at radius 3 is 2.33 bits per heavy atom. The Balaban J connectivity index is 1.02. The first kappa shape index (κ1) is 20.1. The van der Waals surface area contributed by atoms with Gasteiger partial charge >= 0.3 is 6.03 Å². The Morgan fingerprint density at radius 1 is 0.933 bits per heavy atom. The van der Waals surface area contributed by atoms with Crippen LogP contribution in [0.1, 0.15) is 44.9 Å². The highest BCUT2D eigenvalue weighted by Gasteiger charge is 2.27. The van der Waals surface area contributed by atoms with E-state index in [2.05, 4.69) is 50.1 Å². The third-order valence-corrected chi connectivity index (χ3v) is 8.02. The first-order chi connectivity index (χ1) is 14.7. The van der Waals surface area contributed by atoms with Crippen molar-refractivity contribution < 1.29 is 4.79 Å². The summed E-state index contributed by atoms with van der Waals surface area (Å²) in [6.07, 6.45) is 8.41. The van der Waals surface area contributed by atoms with E-state index in [0.29, 0.717) is 12.1 Å². The van der Waals surface area contributed by atoms with Gasteiger partial charge < -0.3 is 15.5 Å². The maximum Gasteiger partial charge on any atom is 0.315 e. The van der Waals surface area contributed by atoms with Crippen molar-refractivity contribution in [1.82, 2.24) is 15.5 Å². The zero-order valence-electron chi connectivity index (χ0n) is 17.8. The van der Waals surface area contributed by atoms with Crippen molar-refractivity contribution in [3.63, 3.8) is 0 Å². The van der Waals surface area contributed by atoms with Crippen molar-refractivity contribution in [3.8, 4) is 0 Å². The Hall–Kier alpha value is -1.79. The lowest BCUT2D eigenvalue weighted by molar-refractivity contribution is 0.205. The molecule has 0 spiro atoms. The summed E-state index contributed by atoms with van der Waals surface area (Å²) >= 11 is 1.83. The van der Waals surface area contributed by atoms with E-state index in [1.807, 2.05) is 11.3 Å². The van der Waals surface area contributed by atoms with Gasteiger partial charge in [-0.2, -0.15) is 0 Å². The number of thiophene rings is 1. The molecule has 162 valence electrons. The molecule has 1 aromatic heterocycles. The molecule has 2 amide bonds. The van der Waals surface area contributed by atoms with Crippen LogP contribution in [0, 0.1) is 5.92 Å². The Morgan fingerprint density at radius 2 is 1.63 bits per heavy atom. The van der Waals surface area contributed by atoms with Crippen LogP contribution in [0.3, 0.4) is 0 Å². The van der Waals surface area contributed by atoms with Crippen molar-refractivity contribution in [2.45, 2.75) is 57.0 Å². The van der Waals surface area contributed by atoms with Gasteiger partial charge in [-0.1, -0.05) is 6.07 Å². The van der Waals surface area contributed by atoms with E-state index < -0.39 is 0 Å². The molecule has 2 N–H and O–H groups in total. The van der Waals surface area contributed by atoms with E-state index >= 15 is 0 Å². The topological polar surface area (TPSA) is 47.6 Å². The minimum atomic E-state index is 0.0527. The number of nitrogens with zero attached hydrogens (tertiary/aromatic N) is 2. The summed E-state index contributed by atoms with van der Waals surface area (Å²) in [6.45, 7) is 5.81. The molecule has 0 bridgehead atoms. The van der Waals surface area contributed by atoms with E-state index in [1.165, 1.54) is 54.7 Å². The van der Waals surface area contributed by atoms with E-state index in [1.54, 1.807) is 0 Å². The number of urea groups is 1. The molecular formula is C24H34N4OS. The van der Waals surface area contributed by atoms with Crippen molar-refractivity contribution >= 4 is 33.1 Å². The standard InChI is InChI=1S/C24H34N4OS/c29-24(26-20-8-9-20)25-19-6-4-18(5-7-19)10-12-27-13-15-28(16-14-27)22-2-1-3-23-21(22)11-17-30-23/h1-3,11,17-20H,4-10,12-16H2,(H2,25,26,29). The second-order valence-electron chi connectivity index (χ2n) is 9.34. The lowest BCUT2D eigenvalue weighted by atomic mass is 9.84. The van der Waals surface area contributed by atoms with Crippen LogP contribution in [-0.2, 0) is 0 Å². The van der Waals surface area contributed by atoms with Crippen molar-refractivity contribution in [1.29, 1.82) is 0 Å². The molecule has 5 rings (SSSR count). The van der Waals surface area contributed by atoms with Crippen molar-refractivity contribution in [2.75, 3.05) is 37.6 Å². The summed E-state index contributed by atoms with van der Waals surface area (Å²) in [6, 6.07) is 9.84. The summed E-state index contributed by atoms with van der Waals surface area (Å²) in [5, 5.41) is 9.84. The first-order valence-corrected chi connectivity index (χ1v) is 12.6. The van der Waals surface area contributed by atoms with E-state index in [4.69, 9.17) is 0 Å². The predicted octanol–water partition coefficient (Wildman–Crippen LogP) is 4.43. The molecule has 0 radical (unpaired) electrons. The average molecular weight is 427 g/mol. The number of benzene rings is 1. The lowest BCUT2D eigenvalue weighted by Crippen LogP contribution is -2.47. The third-order valence-electron chi connectivity index (χ3n) is 7.13. The number of hydrogen-bond donors (Lipinski definition) is 2. The number of hydrogen-bond acceptors (Lipinski definition) is 4. The molecule has 2 saturated carbocycles. The predicted molar refractivity (Wildman–Crippen MR) is 126 cm³/mol. The van der Waals surface area contributed by atoms with Crippen molar-refractivity contribution in [3.05, 3.63) is 29.6 Å². The highest BCUT2D eigenvalue weighted by molar-refractivity contribution is 7.17. The van der Waals surface area contributed by atoms with Gasteiger partial charge in [-0.3, -0.25) is 4.90 Å². The van der Waals surface area contributed by atoms with Crippen LogP contribution in [0.25, 0.3) is 10.1 Å². The second-order valence-corrected chi connectivity index (χ2v) is 10.3. The van der Waals surface area contributed by atoms with Gasteiger partial charge in [0.2, 0.25) is 0 Å². The van der Waals surface area contributed by atoms with Gasteiger partial charge in [0, 0.05) is 54.0 Å². The monoisotopic (exact) mass is 426 g/mol. The number of carbonyl (C=O) groups is 1. The maximum absolute atomic E-state index is 11.9. The fourth-order valence-electron chi connectivity index (χ4n) is 5.07. The third kappa shape index (κ3) is 4.92. The first-order valence-electron chi connectivity index (χ1n) is 11.7. The van der Waals surface area contributed by atoms with Gasteiger partial charge in [-0.15, -0.1) is 11.3 Å². The van der Waals surface area contributed by atoms with Crippen LogP contribution in [0.2, 0.25) is 0 Å². The molecular weight excluding hydrogens is 392 g/mol. The molecule has 6 heteroatoms. The van der Waals surface area contributed by atoms with Gasteiger partial charge in [0.15, 0.2) is 0 Å². The summed E-state index contributed by atoms with van der Waals surface area (Å²) in [4.78, 5) is 17.1. The Kier molecular flexibility index (Phi) is 6.14. The molecule has 30 heavy (non-hydrogen) atoms. The van der Waals surface area contributed by atoms with Gasteiger partial charge in [-0.05, 0) is 81.0 Å². The van der Waals surface area contributed by atoms with Gasteiger partial charge in [0.25, 0.3) is 0 Å². The number of anilines is 1. The minimum Gasteiger partial charge on any atom is -0.368 e. The van der Waals surface area contributed by atoms with Gasteiger partial charge in [-0.25, -0.2) is 4.79 Å². The van der Waals surface area contributed by atoms with Crippen molar-refractivity contribution in [2.24, 2.45) is 5.92 Å². The fourth-order valence-corrected chi connectivity index (χ4v) is 5.87. The fraction of sp³-hybridized carbons (Fsp3) is 0.625. The molecule has 3 aliphatic rings. The largest absolute Gasteiger partial charge is 0.368 e. The van der Waals surface area contributed by atoms with E-state index in [9.17, 15) is 4.79 Å². The molecule has 5 nitrogen and oxygen atoms in total. The average Bonchev–Trinajstić information content (AvgIpc) is 3.45. The number of nitrogens with one attached hydrogen (secondary N) is 2. The highest BCUT2D eigenvalue weighted by Crippen LogP contribution is 2.31. The number of rotatable bonds is 6. The number of carbonyl (C=O) groups excluding carboxylic acids is 1. The number of piperazine rings is 1. The quantitative estimate of drug-likeness (QED) is 0.718. The molecule has 0 unspecified atom stereocenters. The minimum absolute atomic E-state index is 0.0527. The summed E-state index contributed by atoms with van der Waals surface area (Å²) in [5.41, 5.74) is 1.41. The molecule has 1 aliphatic heterocycles. The SMILES string of the molecule is O=C(NC1CCC(CCN2CCN(c3cccc4sccc34)CC2)CC1)NC1CC1. The smallest absolute Gasteiger partial charge is 0.315 e. The summed E-state index contributed by atoms with van der Waals surface area (Å²) in [7, 11) is 0. The maximum atomic E-state index is 11.9. The van der Waals surface area contributed by atoms with E-state index in [0.717, 1.165) is 44.7 Å². The Labute approximate surface area is 183 Å². The van der Waals surface area contributed by atoms with E-state index in [-0.39, 0.29) is 6.03 Å². The van der Waals surface area contributed by atoms with Crippen LogP contribution in [0.4, 0.5) is 10.5 Å². The highest BCUT2D eigenvalue weighted by atomic mass is 32.1. The normalized spacial score (nSPS) is 25.4. The molecule has 1 saturated heterocycles. The molecule has 0 atom stereocenters. The second kappa shape index (κ2) is 9.15. The van der Waals surface area contributed by atoms with Crippen LogP contribution in [0.15, 0.2) is 29.6 Å².